The number of hydrogen-bond donors (Lipinski definition) is 1. The number of anilines is 1. The SMILES string of the molecule is CCCCn1c(CN2CCCCC2)nc2cc(NC(=O)c3ccccc3)ccc21. The molecule has 0 atom stereocenters. The summed E-state index contributed by atoms with van der Waals surface area (Å²) in [5.74, 6) is 1.05. The Morgan fingerprint density at radius 3 is 2.62 bits per heavy atom. The normalized spacial score (nSPS) is 14.9. The van der Waals surface area contributed by atoms with Crippen molar-refractivity contribution in [1.29, 1.82) is 0 Å². The van der Waals surface area contributed by atoms with Crippen LogP contribution in [0.1, 0.15) is 55.2 Å². The molecule has 1 amide bonds. The van der Waals surface area contributed by atoms with E-state index in [9.17, 15) is 4.79 Å². The highest BCUT2D eigenvalue weighted by molar-refractivity contribution is 6.04. The number of aryl methyl sites for hydroxylation is 1. The molecule has 152 valence electrons. The quantitative estimate of drug-likeness (QED) is 0.612. The number of imidazole rings is 1. The average Bonchev–Trinajstić information content (AvgIpc) is 3.09. The Labute approximate surface area is 172 Å². The van der Waals surface area contributed by atoms with Gasteiger partial charge in [-0.05, 0) is 62.7 Å². The van der Waals surface area contributed by atoms with Gasteiger partial charge in [-0.3, -0.25) is 9.69 Å². The predicted molar refractivity (Wildman–Crippen MR) is 118 cm³/mol. The maximum absolute atomic E-state index is 12.5. The Hall–Kier alpha value is -2.66. The Kier molecular flexibility index (Phi) is 6.25. The van der Waals surface area contributed by atoms with Crippen molar-refractivity contribution < 1.29 is 4.79 Å². The Morgan fingerprint density at radius 2 is 1.86 bits per heavy atom. The van der Waals surface area contributed by atoms with Gasteiger partial charge in [0.1, 0.15) is 5.82 Å². The van der Waals surface area contributed by atoms with Crippen molar-refractivity contribution >= 4 is 22.6 Å². The van der Waals surface area contributed by atoms with E-state index in [2.05, 4.69) is 27.8 Å². The molecule has 2 aromatic carbocycles. The summed E-state index contributed by atoms with van der Waals surface area (Å²) in [5.41, 5.74) is 3.56. The highest BCUT2D eigenvalue weighted by Crippen LogP contribution is 2.23. The van der Waals surface area contributed by atoms with Crippen molar-refractivity contribution in [2.24, 2.45) is 0 Å². The second-order valence-corrected chi connectivity index (χ2v) is 7.89. The van der Waals surface area contributed by atoms with Crippen LogP contribution < -0.4 is 5.32 Å². The number of amides is 1. The van der Waals surface area contributed by atoms with E-state index in [4.69, 9.17) is 4.98 Å². The first-order chi connectivity index (χ1) is 14.2. The molecule has 0 spiro atoms. The molecule has 1 aliphatic rings. The van der Waals surface area contributed by atoms with Gasteiger partial charge in [0.15, 0.2) is 0 Å². The summed E-state index contributed by atoms with van der Waals surface area (Å²) >= 11 is 0. The van der Waals surface area contributed by atoms with Crippen LogP contribution in [0.3, 0.4) is 0 Å². The minimum atomic E-state index is -0.0936. The molecule has 1 aromatic heterocycles. The van der Waals surface area contributed by atoms with Gasteiger partial charge in [0.2, 0.25) is 0 Å². The molecule has 0 radical (unpaired) electrons. The van der Waals surface area contributed by atoms with Crippen LogP contribution in [0.4, 0.5) is 5.69 Å². The first-order valence-electron chi connectivity index (χ1n) is 10.8. The summed E-state index contributed by atoms with van der Waals surface area (Å²) in [6.45, 7) is 6.45. The highest BCUT2D eigenvalue weighted by atomic mass is 16.1. The lowest BCUT2D eigenvalue weighted by Crippen LogP contribution is -2.30. The minimum absolute atomic E-state index is 0.0936. The number of likely N-dealkylation sites (tertiary alicyclic amines) is 1. The summed E-state index contributed by atoms with van der Waals surface area (Å²) in [4.78, 5) is 20.0. The number of rotatable bonds is 7. The van der Waals surface area contributed by atoms with E-state index < -0.39 is 0 Å². The zero-order chi connectivity index (χ0) is 20.1. The van der Waals surface area contributed by atoms with Crippen LogP contribution >= 0.6 is 0 Å². The third-order valence-corrected chi connectivity index (χ3v) is 5.67. The number of carbonyl (C=O) groups is 1. The van der Waals surface area contributed by atoms with Crippen LogP contribution in [-0.4, -0.2) is 33.4 Å². The van der Waals surface area contributed by atoms with Crippen LogP contribution in [0.5, 0.6) is 0 Å². The van der Waals surface area contributed by atoms with E-state index in [1.54, 1.807) is 0 Å². The molecule has 5 heteroatoms. The average molecular weight is 391 g/mol. The van der Waals surface area contributed by atoms with Crippen LogP contribution in [0.15, 0.2) is 48.5 Å². The monoisotopic (exact) mass is 390 g/mol. The van der Waals surface area contributed by atoms with Gasteiger partial charge in [-0.25, -0.2) is 4.98 Å². The summed E-state index contributed by atoms with van der Waals surface area (Å²) in [5, 5.41) is 3.01. The van der Waals surface area contributed by atoms with Crippen molar-refractivity contribution in [1.82, 2.24) is 14.5 Å². The molecule has 29 heavy (non-hydrogen) atoms. The summed E-state index contributed by atoms with van der Waals surface area (Å²) in [6, 6.07) is 15.4. The van der Waals surface area contributed by atoms with E-state index in [1.165, 1.54) is 19.3 Å². The Morgan fingerprint density at radius 1 is 1.07 bits per heavy atom. The van der Waals surface area contributed by atoms with Crippen LogP contribution in [0.2, 0.25) is 0 Å². The van der Waals surface area contributed by atoms with Gasteiger partial charge >= 0.3 is 0 Å². The molecule has 0 unspecified atom stereocenters. The molecule has 0 aliphatic carbocycles. The number of carbonyl (C=O) groups excluding carboxylic acids is 1. The molecule has 0 bridgehead atoms. The van der Waals surface area contributed by atoms with Gasteiger partial charge in [-0.2, -0.15) is 0 Å². The second-order valence-electron chi connectivity index (χ2n) is 7.89. The standard InChI is InChI=1S/C24H30N4O/c1-2-3-16-28-22-13-12-20(25-24(29)19-10-6-4-7-11-19)17-21(22)26-23(28)18-27-14-8-5-9-15-27/h4,6-7,10-13,17H,2-3,5,8-9,14-16,18H2,1H3,(H,25,29). The van der Waals surface area contributed by atoms with E-state index in [0.29, 0.717) is 5.56 Å². The van der Waals surface area contributed by atoms with E-state index in [1.807, 2.05) is 42.5 Å². The van der Waals surface area contributed by atoms with Crippen LogP contribution in [0.25, 0.3) is 11.0 Å². The number of nitrogens with one attached hydrogen (secondary N) is 1. The Balaban J connectivity index is 1.59. The molecular formula is C24H30N4O. The van der Waals surface area contributed by atoms with Crippen molar-refractivity contribution in [2.45, 2.75) is 52.1 Å². The number of benzene rings is 2. The Bertz CT molecular complexity index is 958. The number of aromatic nitrogens is 2. The molecule has 1 saturated heterocycles. The van der Waals surface area contributed by atoms with Crippen molar-refractivity contribution in [3.05, 3.63) is 59.9 Å². The molecule has 1 N–H and O–H groups in total. The van der Waals surface area contributed by atoms with Crippen molar-refractivity contribution in [3.63, 3.8) is 0 Å². The predicted octanol–water partition coefficient (Wildman–Crippen LogP) is 5.07. The fourth-order valence-corrected chi connectivity index (χ4v) is 4.05. The molecule has 1 fully saturated rings. The zero-order valence-electron chi connectivity index (χ0n) is 17.2. The number of unbranched alkanes of at least 4 members (excludes halogenated alkanes) is 1. The van der Waals surface area contributed by atoms with Gasteiger partial charge in [-0.15, -0.1) is 0 Å². The van der Waals surface area contributed by atoms with Gasteiger partial charge < -0.3 is 9.88 Å². The fourth-order valence-electron chi connectivity index (χ4n) is 4.05. The summed E-state index contributed by atoms with van der Waals surface area (Å²) in [7, 11) is 0. The smallest absolute Gasteiger partial charge is 0.255 e. The first-order valence-corrected chi connectivity index (χ1v) is 10.8. The van der Waals surface area contributed by atoms with Crippen LogP contribution in [-0.2, 0) is 13.1 Å². The molecular weight excluding hydrogens is 360 g/mol. The minimum Gasteiger partial charge on any atom is -0.327 e. The topological polar surface area (TPSA) is 50.2 Å². The largest absolute Gasteiger partial charge is 0.327 e. The highest BCUT2D eigenvalue weighted by Gasteiger charge is 2.17. The lowest BCUT2D eigenvalue weighted by molar-refractivity contribution is 0.102. The maximum Gasteiger partial charge on any atom is 0.255 e. The van der Waals surface area contributed by atoms with E-state index in [0.717, 1.165) is 61.6 Å². The summed E-state index contributed by atoms with van der Waals surface area (Å²) < 4.78 is 2.37. The lowest BCUT2D eigenvalue weighted by Gasteiger charge is -2.26. The molecule has 0 saturated carbocycles. The zero-order valence-corrected chi connectivity index (χ0v) is 17.2. The van der Waals surface area contributed by atoms with Gasteiger partial charge in [-0.1, -0.05) is 38.0 Å². The second kappa shape index (κ2) is 9.23. The fraction of sp³-hybridized carbons (Fsp3) is 0.417. The van der Waals surface area contributed by atoms with Crippen molar-refractivity contribution in [3.8, 4) is 0 Å². The number of fused-ring (bicyclic) bond motifs is 1. The lowest BCUT2D eigenvalue weighted by atomic mass is 10.1. The third-order valence-electron chi connectivity index (χ3n) is 5.67. The number of nitrogens with zero attached hydrogens (tertiary/aromatic N) is 3. The molecule has 3 aromatic rings. The van der Waals surface area contributed by atoms with Gasteiger partial charge in [0.25, 0.3) is 5.91 Å². The molecule has 4 rings (SSSR count). The van der Waals surface area contributed by atoms with Gasteiger partial charge in [0, 0.05) is 17.8 Å². The molecule has 1 aliphatic heterocycles. The molecule has 2 heterocycles. The molecule has 5 nitrogen and oxygen atoms in total. The number of piperidine rings is 1. The maximum atomic E-state index is 12.5. The van der Waals surface area contributed by atoms with E-state index in [-0.39, 0.29) is 5.91 Å². The summed E-state index contributed by atoms with van der Waals surface area (Å²) in [6.07, 6.45) is 6.21. The number of hydrogen-bond acceptors (Lipinski definition) is 3. The first kappa shape index (κ1) is 19.6. The van der Waals surface area contributed by atoms with Crippen molar-refractivity contribution in [2.75, 3.05) is 18.4 Å². The van der Waals surface area contributed by atoms with Crippen LogP contribution in [0, 0.1) is 0 Å². The third kappa shape index (κ3) is 4.67. The van der Waals surface area contributed by atoms with Gasteiger partial charge in [0.05, 0.1) is 17.6 Å². The van der Waals surface area contributed by atoms with E-state index >= 15 is 0 Å².